The standard InChI is InChI=1S/C19H27N3O4/c1-19(2,3)21(26-18(23)20-11-5-4-6-12-20)17-13-15(14-7-8-14)9-10-16(17)22(24)25/h9-10,13-14H,4-8,11-12H2,1-3H3. The van der Waals surface area contributed by atoms with E-state index in [1.54, 1.807) is 4.90 Å². The van der Waals surface area contributed by atoms with Crippen molar-refractivity contribution >= 4 is 17.5 Å². The summed E-state index contributed by atoms with van der Waals surface area (Å²) in [5, 5.41) is 13.0. The van der Waals surface area contributed by atoms with E-state index >= 15 is 0 Å². The minimum Gasteiger partial charge on any atom is -0.321 e. The van der Waals surface area contributed by atoms with E-state index in [0.29, 0.717) is 24.7 Å². The monoisotopic (exact) mass is 361 g/mol. The van der Waals surface area contributed by atoms with Crippen molar-refractivity contribution in [3.63, 3.8) is 0 Å². The molecule has 7 heteroatoms. The van der Waals surface area contributed by atoms with E-state index < -0.39 is 16.6 Å². The van der Waals surface area contributed by atoms with Crippen molar-refractivity contribution in [2.75, 3.05) is 18.2 Å². The molecule has 1 amide bonds. The van der Waals surface area contributed by atoms with E-state index in [1.807, 2.05) is 32.9 Å². The number of nitrogens with zero attached hydrogens (tertiary/aromatic N) is 3. The molecule has 1 heterocycles. The fraction of sp³-hybridized carbons (Fsp3) is 0.632. The van der Waals surface area contributed by atoms with Gasteiger partial charge >= 0.3 is 6.09 Å². The molecule has 0 spiro atoms. The fourth-order valence-electron chi connectivity index (χ4n) is 3.29. The highest BCUT2D eigenvalue weighted by Gasteiger charge is 2.35. The number of nitro groups is 1. The molecule has 0 atom stereocenters. The second kappa shape index (κ2) is 7.13. The van der Waals surface area contributed by atoms with Crippen LogP contribution in [0.4, 0.5) is 16.2 Å². The summed E-state index contributed by atoms with van der Waals surface area (Å²) in [5.74, 6) is 0.453. The molecule has 0 aromatic heterocycles. The Hall–Kier alpha value is -2.31. The molecular weight excluding hydrogens is 334 g/mol. The van der Waals surface area contributed by atoms with E-state index in [-0.39, 0.29) is 5.69 Å². The number of benzene rings is 1. The minimum absolute atomic E-state index is 0.0456. The molecule has 26 heavy (non-hydrogen) atoms. The van der Waals surface area contributed by atoms with Crippen LogP contribution in [0.1, 0.15) is 64.4 Å². The van der Waals surface area contributed by atoms with E-state index in [9.17, 15) is 14.9 Å². The van der Waals surface area contributed by atoms with Crippen LogP contribution in [0.3, 0.4) is 0 Å². The Bertz CT molecular complexity index is 689. The van der Waals surface area contributed by atoms with E-state index in [0.717, 1.165) is 37.7 Å². The zero-order chi connectivity index (χ0) is 18.9. The van der Waals surface area contributed by atoms with Crippen LogP contribution in [0.15, 0.2) is 18.2 Å². The number of anilines is 1. The van der Waals surface area contributed by atoms with Crippen molar-refractivity contribution in [1.29, 1.82) is 0 Å². The van der Waals surface area contributed by atoms with Gasteiger partial charge in [0.1, 0.15) is 0 Å². The zero-order valence-corrected chi connectivity index (χ0v) is 15.7. The second-order valence-corrected chi connectivity index (χ2v) is 8.15. The maximum Gasteiger partial charge on any atom is 0.434 e. The zero-order valence-electron chi connectivity index (χ0n) is 15.7. The number of hydrogen-bond donors (Lipinski definition) is 0. The van der Waals surface area contributed by atoms with Crippen molar-refractivity contribution in [2.24, 2.45) is 0 Å². The first kappa shape index (κ1) is 18.5. The van der Waals surface area contributed by atoms with Gasteiger partial charge in [-0.1, -0.05) is 6.07 Å². The summed E-state index contributed by atoms with van der Waals surface area (Å²) in [6.07, 6.45) is 4.79. The maximum atomic E-state index is 12.6. The lowest BCUT2D eigenvalue weighted by Crippen LogP contribution is -2.47. The van der Waals surface area contributed by atoms with Crippen LogP contribution in [0.2, 0.25) is 0 Å². The van der Waals surface area contributed by atoms with Gasteiger partial charge in [-0.2, -0.15) is 5.06 Å². The molecule has 0 unspecified atom stereocenters. The topological polar surface area (TPSA) is 75.9 Å². The lowest BCUT2D eigenvalue weighted by molar-refractivity contribution is -0.384. The highest BCUT2D eigenvalue weighted by molar-refractivity contribution is 5.72. The molecule has 142 valence electrons. The number of hydroxylamine groups is 1. The predicted octanol–water partition coefficient (Wildman–Crippen LogP) is 4.61. The molecule has 7 nitrogen and oxygen atoms in total. The maximum absolute atomic E-state index is 12.6. The van der Waals surface area contributed by atoms with Gasteiger partial charge < -0.3 is 9.74 Å². The van der Waals surface area contributed by atoms with Crippen LogP contribution < -0.4 is 5.06 Å². The molecule has 1 saturated carbocycles. The number of likely N-dealkylation sites (tertiary alicyclic amines) is 1. The summed E-state index contributed by atoms with van der Waals surface area (Å²) in [6.45, 7) is 6.97. The van der Waals surface area contributed by atoms with E-state index in [4.69, 9.17) is 4.84 Å². The molecule has 1 saturated heterocycles. The second-order valence-electron chi connectivity index (χ2n) is 8.15. The molecule has 1 aliphatic heterocycles. The summed E-state index contributed by atoms with van der Waals surface area (Å²) in [7, 11) is 0. The number of amides is 1. The Labute approximate surface area is 154 Å². The van der Waals surface area contributed by atoms with Crippen LogP contribution in [-0.2, 0) is 4.84 Å². The Morgan fingerprint density at radius 1 is 1.23 bits per heavy atom. The van der Waals surface area contributed by atoms with E-state index in [1.165, 1.54) is 11.1 Å². The number of hydrogen-bond acceptors (Lipinski definition) is 5. The smallest absolute Gasteiger partial charge is 0.321 e. The average molecular weight is 361 g/mol. The quantitative estimate of drug-likeness (QED) is 0.578. The SMILES string of the molecule is CC(C)(C)N(OC(=O)N1CCCCC1)c1cc(C2CC2)ccc1[N+](=O)[O-]. The Kier molecular flexibility index (Phi) is 5.07. The van der Waals surface area contributed by atoms with Crippen LogP contribution in [-0.4, -0.2) is 34.5 Å². The third kappa shape index (κ3) is 4.08. The first-order chi connectivity index (χ1) is 12.3. The lowest BCUT2D eigenvalue weighted by Gasteiger charge is -2.37. The fourth-order valence-corrected chi connectivity index (χ4v) is 3.29. The molecule has 0 radical (unpaired) electrons. The molecule has 3 rings (SSSR count). The first-order valence-electron chi connectivity index (χ1n) is 9.33. The van der Waals surface area contributed by atoms with Gasteiger partial charge in [-0.3, -0.25) is 10.1 Å². The first-order valence-corrected chi connectivity index (χ1v) is 9.33. The molecule has 2 fully saturated rings. The van der Waals surface area contributed by atoms with E-state index in [2.05, 4.69) is 0 Å². The average Bonchev–Trinajstić information content (AvgIpc) is 3.43. The van der Waals surface area contributed by atoms with Crippen molar-refractivity contribution < 1.29 is 14.6 Å². The molecule has 1 aromatic rings. The van der Waals surface area contributed by atoms with Gasteiger partial charge in [-0.05, 0) is 70.4 Å². The Morgan fingerprint density at radius 2 is 1.88 bits per heavy atom. The largest absolute Gasteiger partial charge is 0.434 e. The van der Waals surface area contributed by atoms with Crippen LogP contribution in [0.5, 0.6) is 0 Å². The highest BCUT2D eigenvalue weighted by Crippen LogP contribution is 2.44. The summed E-state index contributed by atoms with van der Waals surface area (Å²) < 4.78 is 0. The third-order valence-electron chi connectivity index (χ3n) is 4.86. The Morgan fingerprint density at radius 3 is 2.42 bits per heavy atom. The molecule has 0 bridgehead atoms. The van der Waals surface area contributed by atoms with Crippen molar-refractivity contribution in [2.45, 2.75) is 64.3 Å². The number of nitro benzene ring substituents is 1. The van der Waals surface area contributed by atoms with Crippen LogP contribution >= 0.6 is 0 Å². The summed E-state index contributed by atoms with van der Waals surface area (Å²) in [4.78, 5) is 31.2. The normalized spacial score (nSPS) is 17.7. The van der Waals surface area contributed by atoms with Gasteiger partial charge in [0, 0.05) is 19.2 Å². The number of rotatable bonds is 4. The minimum atomic E-state index is -0.613. The number of carbonyl (C=O) groups excluding carboxylic acids is 1. The highest BCUT2D eigenvalue weighted by atomic mass is 16.7. The van der Waals surface area contributed by atoms with Gasteiger partial charge in [0.2, 0.25) is 0 Å². The molecule has 0 N–H and O–H groups in total. The number of carbonyl (C=O) groups is 1. The van der Waals surface area contributed by atoms with Crippen LogP contribution in [0.25, 0.3) is 0 Å². The van der Waals surface area contributed by atoms with Gasteiger partial charge in [0.25, 0.3) is 5.69 Å². The van der Waals surface area contributed by atoms with Crippen molar-refractivity contribution in [3.8, 4) is 0 Å². The van der Waals surface area contributed by atoms with Gasteiger partial charge in [0.15, 0.2) is 5.69 Å². The van der Waals surface area contributed by atoms with Gasteiger partial charge in [-0.15, -0.1) is 0 Å². The molecule has 1 aromatic carbocycles. The summed E-state index contributed by atoms with van der Waals surface area (Å²) in [6, 6.07) is 5.15. The summed E-state index contributed by atoms with van der Waals surface area (Å²) >= 11 is 0. The molecule has 1 aliphatic carbocycles. The van der Waals surface area contributed by atoms with Crippen LogP contribution in [0, 0.1) is 10.1 Å². The predicted molar refractivity (Wildman–Crippen MR) is 99.2 cm³/mol. The molecular formula is C19H27N3O4. The van der Waals surface area contributed by atoms with Gasteiger partial charge in [-0.25, -0.2) is 4.79 Å². The van der Waals surface area contributed by atoms with Crippen molar-refractivity contribution in [1.82, 2.24) is 4.90 Å². The van der Waals surface area contributed by atoms with Gasteiger partial charge in [0.05, 0.1) is 10.5 Å². The number of piperidine rings is 1. The third-order valence-corrected chi connectivity index (χ3v) is 4.86. The lowest BCUT2D eigenvalue weighted by atomic mass is 10.0. The van der Waals surface area contributed by atoms with Crippen molar-refractivity contribution in [3.05, 3.63) is 33.9 Å². The molecule has 2 aliphatic rings. The summed E-state index contributed by atoms with van der Waals surface area (Å²) in [5.41, 5.74) is 0.750. The Balaban J connectivity index is 1.93.